The van der Waals surface area contributed by atoms with Gasteiger partial charge in [0.15, 0.2) is 5.82 Å². The molecule has 1 atom stereocenters. The second-order valence-electron chi connectivity index (χ2n) is 5.56. The molecule has 20 heavy (non-hydrogen) atoms. The van der Waals surface area contributed by atoms with Crippen LogP contribution in [0.25, 0.3) is 0 Å². The Hall–Kier alpha value is -1.43. The van der Waals surface area contributed by atoms with Crippen LogP contribution < -0.4 is 0 Å². The molecule has 110 valence electrons. The lowest BCUT2D eigenvalue weighted by Gasteiger charge is -2.30. The molecule has 6 heteroatoms. The summed E-state index contributed by atoms with van der Waals surface area (Å²) in [5, 5.41) is 4.10. The average Bonchev–Trinajstić information content (AvgIpc) is 3.17. The van der Waals surface area contributed by atoms with Crippen LogP contribution in [-0.4, -0.2) is 47.3 Å². The first kappa shape index (κ1) is 13.5. The molecule has 1 aromatic rings. The summed E-state index contributed by atoms with van der Waals surface area (Å²) in [5.41, 5.74) is 0. The van der Waals surface area contributed by atoms with E-state index in [2.05, 4.69) is 10.1 Å². The predicted molar refractivity (Wildman–Crippen MR) is 71.3 cm³/mol. The average molecular weight is 279 g/mol. The molecule has 1 amide bonds. The largest absolute Gasteiger partial charge is 0.381 e. The predicted octanol–water partition coefficient (Wildman–Crippen LogP) is 1.69. The molecule has 0 bridgehead atoms. The highest BCUT2D eigenvalue weighted by atomic mass is 16.5. The lowest BCUT2D eigenvalue weighted by Crippen LogP contribution is -2.37. The first-order valence-corrected chi connectivity index (χ1v) is 7.47. The molecule has 0 aromatic carbocycles. The number of hydrogen-bond donors (Lipinski definition) is 0. The SMILES string of the molecule is CCC(=O)N1CCC(c2nc([C@H]3CCOC3)no2)CC1. The van der Waals surface area contributed by atoms with Gasteiger partial charge >= 0.3 is 0 Å². The molecule has 3 rings (SSSR count). The van der Waals surface area contributed by atoms with Crippen LogP contribution in [0.4, 0.5) is 0 Å². The number of likely N-dealkylation sites (tertiary alicyclic amines) is 1. The fraction of sp³-hybridized carbons (Fsp3) is 0.786. The molecule has 1 aromatic heterocycles. The van der Waals surface area contributed by atoms with Crippen LogP contribution in [0.1, 0.15) is 56.2 Å². The van der Waals surface area contributed by atoms with Gasteiger partial charge in [-0.15, -0.1) is 0 Å². The summed E-state index contributed by atoms with van der Waals surface area (Å²) in [6, 6.07) is 0. The molecule has 0 N–H and O–H groups in total. The minimum Gasteiger partial charge on any atom is -0.381 e. The highest BCUT2D eigenvalue weighted by Gasteiger charge is 2.29. The Labute approximate surface area is 118 Å². The summed E-state index contributed by atoms with van der Waals surface area (Å²) in [7, 11) is 0. The molecule has 0 radical (unpaired) electrons. The van der Waals surface area contributed by atoms with Gasteiger partial charge in [0.2, 0.25) is 11.8 Å². The molecule has 2 fully saturated rings. The van der Waals surface area contributed by atoms with E-state index in [0.717, 1.165) is 50.7 Å². The Morgan fingerprint density at radius 2 is 2.10 bits per heavy atom. The quantitative estimate of drug-likeness (QED) is 0.842. The van der Waals surface area contributed by atoms with Gasteiger partial charge in [0.05, 0.1) is 6.61 Å². The lowest BCUT2D eigenvalue weighted by molar-refractivity contribution is -0.131. The maximum Gasteiger partial charge on any atom is 0.229 e. The Kier molecular flexibility index (Phi) is 4.00. The Morgan fingerprint density at radius 3 is 2.75 bits per heavy atom. The molecular formula is C14H21N3O3. The maximum absolute atomic E-state index is 11.6. The van der Waals surface area contributed by atoms with E-state index in [0.29, 0.717) is 18.9 Å². The normalized spacial score (nSPS) is 24.2. The number of amides is 1. The van der Waals surface area contributed by atoms with Crippen LogP contribution in [0.2, 0.25) is 0 Å². The molecule has 0 aliphatic carbocycles. The van der Waals surface area contributed by atoms with Crippen molar-refractivity contribution in [3.05, 3.63) is 11.7 Å². The van der Waals surface area contributed by atoms with Crippen molar-refractivity contribution in [1.82, 2.24) is 15.0 Å². The van der Waals surface area contributed by atoms with Crippen LogP contribution in [0.3, 0.4) is 0 Å². The molecular weight excluding hydrogens is 258 g/mol. The summed E-state index contributed by atoms with van der Waals surface area (Å²) in [4.78, 5) is 18.1. The van der Waals surface area contributed by atoms with Crippen LogP contribution in [-0.2, 0) is 9.53 Å². The van der Waals surface area contributed by atoms with E-state index < -0.39 is 0 Å². The van der Waals surface area contributed by atoms with Gasteiger partial charge in [-0.3, -0.25) is 4.79 Å². The summed E-state index contributed by atoms with van der Waals surface area (Å²) in [6.07, 6.45) is 3.38. The molecule has 6 nitrogen and oxygen atoms in total. The number of carbonyl (C=O) groups excluding carboxylic acids is 1. The summed E-state index contributed by atoms with van der Waals surface area (Å²) < 4.78 is 10.8. The topological polar surface area (TPSA) is 68.5 Å². The van der Waals surface area contributed by atoms with Gasteiger partial charge in [-0.25, -0.2) is 0 Å². The number of aromatic nitrogens is 2. The molecule has 0 unspecified atom stereocenters. The highest BCUT2D eigenvalue weighted by molar-refractivity contribution is 5.75. The maximum atomic E-state index is 11.6. The third-order valence-electron chi connectivity index (χ3n) is 4.25. The third-order valence-corrected chi connectivity index (χ3v) is 4.25. The van der Waals surface area contributed by atoms with Crippen LogP contribution in [0, 0.1) is 0 Å². The first-order valence-electron chi connectivity index (χ1n) is 7.47. The fourth-order valence-electron chi connectivity index (χ4n) is 2.92. The van der Waals surface area contributed by atoms with E-state index in [1.807, 2.05) is 11.8 Å². The Morgan fingerprint density at radius 1 is 1.30 bits per heavy atom. The molecule has 3 heterocycles. The molecule has 0 spiro atoms. The third kappa shape index (κ3) is 2.70. The van der Waals surface area contributed by atoms with Crippen molar-refractivity contribution in [2.24, 2.45) is 0 Å². The van der Waals surface area contributed by atoms with E-state index in [-0.39, 0.29) is 11.8 Å². The number of rotatable bonds is 3. The monoisotopic (exact) mass is 279 g/mol. The van der Waals surface area contributed by atoms with Crippen molar-refractivity contribution in [1.29, 1.82) is 0 Å². The van der Waals surface area contributed by atoms with Crippen molar-refractivity contribution in [2.75, 3.05) is 26.3 Å². The number of hydrogen-bond acceptors (Lipinski definition) is 5. The lowest BCUT2D eigenvalue weighted by atomic mass is 9.96. The van der Waals surface area contributed by atoms with E-state index in [1.54, 1.807) is 0 Å². The Balaban J connectivity index is 1.59. The summed E-state index contributed by atoms with van der Waals surface area (Å²) >= 11 is 0. The minimum atomic E-state index is 0.234. The number of carbonyl (C=O) groups is 1. The summed E-state index contributed by atoms with van der Waals surface area (Å²) in [5.74, 6) is 2.33. The van der Waals surface area contributed by atoms with Crippen molar-refractivity contribution >= 4 is 5.91 Å². The standard InChI is InChI=1S/C14H21N3O3/c1-2-12(18)17-6-3-10(4-7-17)14-15-13(16-20-14)11-5-8-19-9-11/h10-11H,2-9H2,1H3/t11-/m0/s1. The molecule has 0 saturated carbocycles. The molecule has 2 aliphatic heterocycles. The number of piperidine rings is 1. The van der Waals surface area contributed by atoms with Crippen molar-refractivity contribution < 1.29 is 14.1 Å². The fourth-order valence-corrected chi connectivity index (χ4v) is 2.92. The number of ether oxygens (including phenoxy) is 1. The zero-order chi connectivity index (χ0) is 13.9. The summed E-state index contributed by atoms with van der Waals surface area (Å²) in [6.45, 7) is 4.97. The van der Waals surface area contributed by atoms with Crippen molar-refractivity contribution in [3.63, 3.8) is 0 Å². The minimum absolute atomic E-state index is 0.234. The second-order valence-corrected chi connectivity index (χ2v) is 5.56. The van der Waals surface area contributed by atoms with Crippen LogP contribution in [0.5, 0.6) is 0 Å². The van der Waals surface area contributed by atoms with Gasteiger partial charge in [0, 0.05) is 38.0 Å². The van der Waals surface area contributed by atoms with Crippen molar-refractivity contribution in [2.45, 2.75) is 44.4 Å². The van der Waals surface area contributed by atoms with Crippen LogP contribution in [0.15, 0.2) is 4.52 Å². The first-order chi connectivity index (χ1) is 9.78. The van der Waals surface area contributed by atoms with Gasteiger partial charge in [0.25, 0.3) is 0 Å². The second kappa shape index (κ2) is 5.91. The van der Waals surface area contributed by atoms with Gasteiger partial charge in [-0.2, -0.15) is 4.98 Å². The van der Waals surface area contributed by atoms with E-state index in [1.165, 1.54) is 0 Å². The number of nitrogens with zero attached hydrogens (tertiary/aromatic N) is 3. The van der Waals surface area contributed by atoms with E-state index in [9.17, 15) is 4.79 Å². The van der Waals surface area contributed by atoms with Gasteiger partial charge < -0.3 is 14.2 Å². The van der Waals surface area contributed by atoms with Gasteiger partial charge in [-0.05, 0) is 19.3 Å². The zero-order valence-corrected chi connectivity index (χ0v) is 11.9. The van der Waals surface area contributed by atoms with Crippen molar-refractivity contribution in [3.8, 4) is 0 Å². The van der Waals surface area contributed by atoms with Crippen LogP contribution >= 0.6 is 0 Å². The highest BCUT2D eigenvalue weighted by Crippen LogP contribution is 2.29. The molecule has 2 saturated heterocycles. The van der Waals surface area contributed by atoms with Gasteiger partial charge in [0.1, 0.15) is 0 Å². The molecule has 2 aliphatic rings. The van der Waals surface area contributed by atoms with Gasteiger partial charge in [-0.1, -0.05) is 12.1 Å². The Bertz CT molecular complexity index is 460. The zero-order valence-electron chi connectivity index (χ0n) is 11.9. The van der Waals surface area contributed by atoms with E-state index in [4.69, 9.17) is 9.26 Å². The smallest absolute Gasteiger partial charge is 0.229 e. The van der Waals surface area contributed by atoms with E-state index >= 15 is 0 Å².